The van der Waals surface area contributed by atoms with Crippen LogP contribution < -0.4 is 10.6 Å². The van der Waals surface area contributed by atoms with Gasteiger partial charge in [0.05, 0.1) is 12.0 Å². The molecule has 0 spiro atoms. The Morgan fingerprint density at radius 1 is 1.00 bits per heavy atom. The summed E-state index contributed by atoms with van der Waals surface area (Å²) in [5.41, 5.74) is -2.03. The first-order valence-electron chi connectivity index (χ1n) is 13.9. The second-order valence-electron chi connectivity index (χ2n) is 12.4. The highest BCUT2D eigenvalue weighted by Gasteiger charge is 2.47. The predicted octanol–water partition coefficient (Wildman–Crippen LogP) is 4.80. The van der Waals surface area contributed by atoms with Crippen molar-refractivity contribution in [2.75, 3.05) is 19.7 Å². The average Bonchev–Trinajstić information content (AvgIpc) is 2.77. The largest absolute Gasteiger partial charge is 0.481 e. The number of hydrogen-bond acceptors (Lipinski definition) is 5. The number of carbonyl (C=O) groups excluding carboxylic acids is 2. The first-order chi connectivity index (χ1) is 16.8. The van der Waals surface area contributed by atoms with Crippen molar-refractivity contribution in [1.29, 1.82) is 0 Å². The van der Waals surface area contributed by atoms with Crippen LogP contribution in [0.4, 0.5) is 0 Å². The minimum absolute atomic E-state index is 0.0445. The molecule has 2 fully saturated rings. The molecule has 2 amide bonds. The Balaban J connectivity index is 1.85. The molecule has 208 valence electrons. The van der Waals surface area contributed by atoms with Crippen LogP contribution in [-0.2, 0) is 23.9 Å². The van der Waals surface area contributed by atoms with E-state index < -0.39 is 28.7 Å². The molecule has 0 radical (unpaired) electrons. The van der Waals surface area contributed by atoms with Gasteiger partial charge in [-0.2, -0.15) is 0 Å². The van der Waals surface area contributed by atoms with E-state index in [1.807, 2.05) is 13.8 Å². The third-order valence-corrected chi connectivity index (χ3v) is 8.07. The molecule has 1 aliphatic carbocycles. The van der Waals surface area contributed by atoms with Gasteiger partial charge in [0.25, 0.3) is 0 Å². The van der Waals surface area contributed by atoms with Crippen LogP contribution in [0.15, 0.2) is 0 Å². The first-order valence-corrected chi connectivity index (χ1v) is 13.9. The molecule has 2 aliphatic rings. The Morgan fingerprint density at radius 2 is 1.64 bits per heavy atom. The molecule has 1 saturated carbocycles. The minimum atomic E-state index is -1.21. The Kier molecular flexibility index (Phi) is 10.8. The number of carboxylic acid groups (broad SMARTS) is 1. The predicted molar refractivity (Wildman–Crippen MR) is 139 cm³/mol. The van der Waals surface area contributed by atoms with Crippen molar-refractivity contribution in [3.8, 4) is 0 Å². The van der Waals surface area contributed by atoms with E-state index in [1.165, 1.54) is 25.7 Å². The number of hydrogen-bond donors (Lipinski definition) is 3. The van der Waals surface area contributed by atoms with Gasteiger partial charge >= 0.3 is 5.97 Å². The molecule has 8 heteroatoms. The lowest BCUT2D eigenvalue weighted by Crippen LogP contribution is -2.57. The second kappa shape index (κ2) is 12.7. The molecule has 1 aliphatic heterocycles. The molecule has 0 aromatic carbocycles. The summed E-state index contributed by atoms with van der Waals surface area (Å²) >= 11 is 0. The first kappa shape index (κ1) is 30.6. The van der Waals surface area contributed by atoms with Crippen LogP contribution in [0, 0.1) is 16.2 Å². The Morgan fingerprint density at radius 3 is 2.22 bits per heavy atom. The standard InChI is InChI=1S/C28H50N2O6/c1-7-8-9-10-11-12-14-28(15-13-16-28)23(32)29-18-17-27(6,24(33)34)19-30-22(31)21-25(2,3)20-35-26(4,5)36-21/h21H,7-20H2,1-6H3,(H,29,32)(H,30,31)(H,33,34). The van der Waals surface area contributed by atoms with E-state index >= 15 is 0 Å². The van der Waals surface area contributed by atoms with Gasteiger partial charge in [-0.1, -0.05) is 65.7 Å². The molecule has 2 atom stereocenters. The van der Waals surface area contributed by atoms with Crippen LogP contribution >= 0.6 is 0 Å². The molecule has 0 aromatic heterocycles. The van der Waals surface area contributed by atoms with E-state index in [1.54, 1.807) is 20.8 Å². The van der Waals surface area contributed by atoms with Gasteiger partial charge < -0.3 is 25.2 Å². The fourth-order valence-corrected chi connectivity index (χ4v) is 5.04. The molecule has 0 bridgehead atoms. The summed E-state index contributed by atoms with van der Waals surface area (Å²) in [6, 6.07) is 0. The highest BCUT2D eigenvalue weighted by Crippen LogP contribution is 2.45. The highest BCUT2D eigenvalue weighted by atomic mass is 16.7. The van der Waals surface area contributed by atoms with Crippen molar-refractivity contribution in [2.45, 2.75) is 124 Å². The molecule has 2 unspecified atom stereocenters. The maximum Gasteiger partial charge on any atom is 0.311 e. The van der Waals surface area contributed by atoms with Gasteiger partial charge in [0.1, 0.15) is 6.10 Å². The van der Waals surface area contributed by atoms with Gasteiger partial charge in [0, 0.05) is 23.9 Å². The molecular formula is C28H50N2O6. The summed E-state index contributed by atoms with van der Waals surface area (Å²) < 4.78 is 11.5. The average molecular weight is 511 g/mol. The second-order valence-corrected chi connectivity index (χ2v) is 12.4. The van der Waals surface area contributed by atoms with Crippen LogP contribution in [0.25, 0.3) is 0 Å². The van der Waals surface area contributed by atoms with Crippen molar-refractivity contribution in [3.05, 3.63) is 0 Å². The number of carbonyl (C=O) groups is 3. The zero-order valence-corrected chi connectivity index (χ0v) is 23.5. The summed E-state index contributed by atoms with van der Waals surface area (Å²) in [6.45, 7) is 11.7. The van der Waals surface area contributed by atoms with Gasteiger partial charge in [-0.3, -0.25) is 14.4 Å². The molecule has 2 rings (SSSR count). The lowest BCUT2D eigenvalue weighted by atomic mass is 9.65. The normalized spacial score (nSPS) is 23.7. The van der Waals surface area contributed by atoms with Gasteiger partial charge in [-0.25, -0.2) is 0 Å². The van der Waals surface area contributed by atoms with Crippen molar-refractivity contribution >= 4 is 17.8 Å². The van der Waals surface area contributed by atoms with Crippen LogP contribution in [0.5, 0.6) is 0 Å². The zero-order valence-electron chi connectivity index (χ0n) is 23.5. The fraction of sp³-hybridized carbons (Fsp3) is 0.893. The molecule has 0 aromatic rings. The Bertz CT molecular complexity index is 761. The monoisotopic (exact) mass is 510 g/mol. The summed E-state index contributed by atoms with van der Waals surface area (Å²) in [5, 5.41) is 15.7. The summed E-state index contributed by atoms with van der Waals surface area (Å²) in [7, 11) is 0. The number of nitrogens with one attached hydrogen (secondary N) is 2. The maximum atomic E-state index is 13.0. The lowest BCUT2D eigenvalue weighted by Gasteiger charge is -2.45. The lowest BCUT2D eigenvalue weighted by molar-refractivity contribution is -0.304. The van der Waals surface area contributed by atoms with E-state index in [0.717, 1.165) is 38.5 Å². The number of rotatable bonds is 15. The number of unbranched alkanes of at least 4 members (excludes halogenated alkanes) is 5. The van der Waals surface area contributed by atoms with E-state index in [2.05, 4.69) is 17.6 Å². The van der Waals surface area contributed by atoms with Crippen molar-refractivity contribution in [3.63, 3.8) is 0 Å². The maximum absolute atomic E-state index is 13.0. The SMILES string of the molecule is CCCCCCCCC1(C(=O)NCCC(C)(CNC(=O)C2OC(C)(C)OCC2(C)C)C(=O)O)CCC1. The molecular weight excluding hydrogens is 460 g/mol. The molecule has 1 saturated heterocycles. The third kappa shape index (κ3) is 8.17. The number of amides is 2. The summed E-state index contributed by atoms with van der Waals surface area (Å²) in [6.07, 6.45) is 10.5. The van der Waals surface area contributed by atoms with Gasteiger partial charge in [0.2, 0.25) is 11.8 Å². The van der Waals surface area contributed by atoms with E-state index in [0.29, 0.717) is 6.61 Å². The molecule has 1 heterocycles. The van der Waals surface area contributed by atoms with Crippen LogP contribution in [-0.4, -0.2) is 54.5 Å². The number of ether oxygens (including phenoxy) is 2. The molecule has 36 heavy (non-hydrogen) atoms. The smallest absolute Gasteiger partial charge is 0.311 e. The van der Waals surface area contributed by atoms with Crippen molar-refractivity contribution in [2.24, 2.45) is 16.2 Å². The van der Waals surface area contributed by atoms with Gasteiger partial charge in [-0.15, -0.1) is 0 Å². The van der Waals surface area contributed by atoms with Crippen LogP contribution in [0.1, 0.15) is 112 Å². The van der Waals surface area contributed by atoms with E-state index in [-0.39, 0.29) is 36.7 Å². The number of carboxylic acids is 1. The fourth-order valence-electron chi connectivity index (χ4n) is 5.04. The van der Waals surface area contributed by atoms with Gasteiger partial charge in [0.15, 0.2) is 5.79 Å². The zero-order chi connectivity index (χ0) is 27.0. The third-order valence-electron chi connectivity index (χ3n) is 8.07. The van der Waals surface area contributed by atoms with Crippen LogP contribution in [0.2, 0.25) is 0 Å². The van der Waals surface area contributed by atoms with Crippen molar-refractivity contribution < 1.29 is 29.0 Å². The quantitative estimate of drug-likeness (QED) is 0.273. The summed E-state index contributed by atoms with van der Waals surface area (Å²) in [4.78, 5) is 38.1. The number of aliphatic carboxylic acids is 1. The molecule has 3 N–H and O–H groups in total. The van der Waals surface area contributed by atoms with E-state index in [4.69, 9.17) is 9.47 Å². The van der Waals surface area contributed by atoms with Crippen LogP contribution in [0.3, 0.4) is 0 Å². The van der Waals surface area contributed by atoms with Gasteiger partial charge in [-0.05, 0) is 46.5 Å². The minimum Gasteiger partial charge on any atom is -0.481 e. The Hall–Kier alpha value is -1.67. The highest BCUT2D eigenvalue weighted by molar-refractivity contribution is 5.84. The van der Waals surface area contributed by atoms with Crippen molar-refractivity contribution in [1.82, 2.24) is 10.6 Å². The summed E-state index contributed by atoms with van der Waals surface area (Å²) in [5.74, 6) is -2.18. The van der Waals surface area contributed by atoms with E-state index in [9.17, 15) is 19.5 Å². The Labute approximate surface area is 217 Å². The topological polar surface area (TPSA) is 114 Å². The molecule has 8 nitrogen and oxygen atoms in total.